The second kappa shape index (κ2) is 9.48. The average Bonchev–Trinajstić information content (AvgIpc) is 3.53. The van der Waals surface area contributed by atoms with E-state index in [9.17, 15) is 23.2 Å². The molecule has 206 valence electrons. The van der Waals surface area contributed by atoms with Gasteiger partial charge in [0.25, 0.3) is 11.5 Å². The molecule has 40 heavy (non-hydrogen) atoms. The lowest BCUT2D eigenvalue weighted by molar-refractivity contribution is -0.118. The molecule has 1 N–H and O–H groups in total. The van der Waals surface area contributed by atoms with Gasteiger partial charge in [0.2, 0.25) is 5.91 Å². The van der Waals surface area contributed by atoms with Crippen molar-refractivity contribution in [3.05, 3.63) is 56.6 Å². The molecule has 0 saturated heterocycles. The molecule has 4 aromatic rings. The van der Waals surface area contributed by atoms with E-state index in [4.69, 9.17) is 0 Å². The third-order valence-corrected chi connectivity index (χ3v) is 8.81. The third-order valence-electron chi connectivity index (χ3n) is 7.92. The Morgan fingerprint density at radius 3 is 2.67 bits per heavy atom. The van der Waals surface area contributed by atoms with Gasteiger partial charge in [-0.3, -0.25) is 19.1 Å². The van der Waals surface area contributed by atoms with Gasteiger partial charge in [-0.05, 0) is 38.8 Å². The molecule has 0 bridgehead atoms. The van der Waals surface area contributed by atoms with E-state index >= 15 is 0 Å². The third kappa shape index (κ3) is 4.14. The molecule has 0 radical (unpaired) electrons. The summed E-state index contributed by atoms with van der Waals surface area (Å²) in [6.07, 6.45) is 3.98. The Morgan fingerprint density at radius 1 is 1.25 bits per heavy atom. The summed E-state index contributed by atoms with van der Waals surface area (Å²) in [5.74, 6) is 1.86. The summed E-state index contributed by atoms with van der Waals surface area (Å²) in [4.78, 5) is 52.1. The Balaban J connectivity index is 1.18. The second-order valence-corrected chi connectivity index (χ2v) is 11.1. The van der Waals surface area contributed by atoms with Gasteiger partial charge >= 0.3 is 5.69 Å². The molecule has 2 aliphatic carbocycles. The zero-order chi connectivity index (χ0) is 28.3. The van der Waals surface area contributed by atoms with E-state index in [1.54, 1.807) is 25.4 Å². The first kappa shape index (κ1) is 26.1. The molecule has 6 rings (SSSR count). The summed E-state index contributed by atoms with van der Waals surface area (Å²) in [6, 6.07) is 2.89. The van der Waals surface area contributed by atoms with E-state index < -0.39 is 41.0 Å². The number of nitrogens with zero attached hydrogens (tertiary/aromatic N) is 6. The summed E-state index contributed by atoms with van der Waals surface area (Å²) in [6.45, 7) is 3.17. The molecule has 3 atom stereocenters. The van der Waals surface area contributed by atoms with Gasteiger partial charge in [0.1, 0.15) is 16.9 Å². The number of rotatable bonds is 6. The van der Waals surface area contributed by atoms with E-state index in [-0.39, 0.29) is 23.6 Å². The molecule has 10 nitrogen and oxygen atoms in total. The maximum Gasteiger partial charge on any atom is 0.333 e. The van der Waals surface area contributed by atoms with Gasteiger partial charge in [-0.1, -0.05) is 5.92 Å². The van der Waals surface area contributed by atoms with Gasteiger partial charge in [-0.25, -0.2) is 28.1 Å². The van der Waals surface area contributed by atoms with E-state index in [0.717, 1.165) is 15.8 Å². The first-order valence-electron chi connectivity index (χ1n) is 12.8. The van der Waals surface area contributed by atoms with Crippen LogP contribution in [0.4, 0.5) is 14.6 Å². The number of anilines is 1. The monoisotopic (exact) mass is 565 g/mol. The van der Waals surface area contributed by atoms with Crippen LogP contribution in [-0.2, 0) is 18.4 Å². The Kier molecular flexibility index (Phi) is 6.18. The highest BCUT2D eigenvalue weighted by Gasteiger charge is 2.71. The molecule has 0 spiro atoms. The number of fused-ring (bicyclic) bond motifs is 2. The first-order chi connectivity index (χ1) is 19.1. The predicted molar refractivity (Wildman–Crippen MR) is 145 cm³/mol. The van der Waals surface area contributed by atoms with Gasteiger partial charge in [-0.15, -0.1) is 17.3 Å². The molecule has 2 fully saturated rings. The largest absolute Gasteiger partial charge is 0.333 e. The Labute approximate surface area is 230 Å². The number of hydrogen-bond donors (Lipinski definition) is 1. The molecule has 2 unspecified atom stereocenters. The number of halogens is 2. The van der Waals surface area contributed by atoms with Crippen molar-refractivity contribution in [3.63, 3.8) is 0 Å². The van der Waals surface area contributed by atoms with E-state index in [2.05, 4.69) is 32.1 Å². The van der Waals surface area contributed by atoms with Crippen LogP contribution in [0.25, 0.3) is 21.7 Å². The summed E-state index contributed by atoms with van der Waals surface area (Å²) in [7, 11) is 1.51. The number of nitrogens with one attached hydrogen (secondary N) is 1. The standard InChI is InChI=1S/C27H25F2N7O3S/c1-4-5-8-35-25(38)21-22(34(3)26(35)39)31-13-36(21)14(2)23(37)32-20-12-40-24(33-20)15-6-7-19(30-11-15)16-9-17-18(10-16)27(17,28)29/h6-7,11-14,16-18H,8-10H2,1-3H3,(H,32,37)/t14-,16?,17?,18?/m0/s1. The van der Waals surface area contributed by atoms with Crippen LogP contribution in [0.15, 0.2) is 39.6 Å². The number of thiazole rings is 1. The lowest BCUT2D eigenvalue weighted by Gasteiger charge is -2.14. The molecule has 4 aromatic heterocycles. The van der Waals surface area contributed by atoms with Crippen molar-refractivity contribution in [2.75, 3.05) is 5.32 Å². The zero-order valence-electron chi connectivity index (χ0n) is 21.9. The summed E-state index contributed by atoms with van der Waals surface area (Å²) in [5, 5.41) is 5.12. The lowest BCUT2D eigenvalue weighted by atomic mass is 9.98. The zero-order valence-corrected chi connectivity index (χ0v) is 22.7. The molecule has 2 saturated carbocycles. The van der Waals surface area contributed by atoms with Crippen molar-refractivity contribution in [1.82, 2.24) is 28.7 Å². The Hall–Kier alpha value is -4.18. The second-order valence-electron chi connectivity index (χ2n) is 10.2. The lowest BCUT2D eigenvalue weighted by Crippen LogP contribution is -2.40. The van der Waals surface area contributed by atoms with Crippen molar-refractivity contribution < 1.29 is 13.6 Å². The molecule has 13 heteroatoms. The minimum Gasteiger partial charge on any atom is -0.312 e. The average molecular weight is 566 g/mol. The summed E-state index contributed by atoms with van der Waals surface area (Å²) in [5.41, 5.74) is 0.751. The van der Waals surface area contributed by atoms with Crippen molar-refractivity contribution >= 4 is 34.2 Å². The first-order valence-corrected chi connectivity index (χ1v) is 13.7. The fraction of sp³-hybridized carbons (Fsp3) is 0.407. The Morgan fingerprint density at radius 2 is 2.00 bits per heavy atom. The van der Waals surface area contributed by atoms with Gasteiger partial charge in [0.05, 0.1) is 12.9 Å². The van der Waals surface area contributed by atoms with Crippen molar-refractivity contribution in [1.29, 1.82) is 0 Å². The van der Waals surface area contributed by atoms with E-state index in [1.807, 2.05) is 12.1 Å². The maximum atomic E-state index is 13.5. The van der Waals surface area contributed by atoms with E-state index in [0.29, 0.717) is 23.7 Å². The van der Waals surface area contributed by atoms with Crippen LogP contribution in [0.2, 0.25) is 0 Å². The molecule has 0 aromatic carbocycles. The SMILES string of the molecule is CC#CCn1c(=O)c2c(ncn2[C@@H](C)C(=O)Nc2csc(-c3ccc(C4CC5C(C4)C5(F)F)nc3)n2)n(C)c1=O. The van der Waals surface area contributed by atoms with Crippen LogP contribution in [0.3, 0.4) is 0 Å². The van der Waals surface area contributed by atoms with Crippen LogP contribution >= 0.6 is 11.3 Å². The fourth-order valence-electron chi connectivity index (χ4n) is 5.53. The molecular weight excluding hydrogens is 540 g/mol. The number of carbonyl (C=O) groups is 1. The highest BCUT2D eigenvalue weighted by molar-refractivity contribution is 7.13. The number of pyridine rings is 1. The highest BCUT2D eigenvalue weighted by atomic mass is 32.1. The van der Waals surface area contributed by atoms with Gasteiger partial charge < -0.3 is 9.88 Å². The Bertz CT molecular complexity index is 1810. The number of alkyl halides is 2. The highest BCUT2D eigenvalue weighted by Crippen LogP contribution is 2.67. The summed E-state index contributed by atoms with van der Waals surface area (Å²) < 4.78 is 30.7. The van der Waals surface area contributed by atoms with Crippen LogP contribution in [0, 0.1) is 23.7 Å². The van der Waals surface area contributed by atoms with E-state index in [1.165, 1.54) is 33.8 Å². The molecule has 0 aliphatic heterocycles. The van der Waals surface area contributed by atoms with Gasteiger partial charge in [0.15, 0.2) is 11.2 Å². The topological polar surface area (TPSA) is 117 Å². The molecule has 4 heterocycles. The molecule has 2 aliphatic rings. The van der Waals surface area contributed by atoms with Crippen LogP contribution in [-0.4, -0.2) is 40.5 Å². The van der Waals surface area contributed by atoms with Gasteiger partial charge in [-0.2, -0.15) is 0 Å². The smallest absolute Gasteiger partial charge is 0.312 e. The normalized spacial score (nSPS) is 21.5. The number of aromatic nitrogens is 6. The number of carbonyl (C=O) groups excluding carboxylic acids is 1. The number of amides is 1. The number of hydrogen-bond acceptors (Lipinski definition) is 7. The van der Waals surface area contributed by atoms with Gasteiger partial charge in [0, 0.05) is 47.6 Å². The minimum atomic E-state index is -2.50. The molecule has 1 amide bonds. The summed E-state index contributed by atoms with van der Waals surface area (Å²) >= 11 is 1.33. The predicted octanol–water partition coefficient (Wildman–Crippen LogP) is 3.40. The number of aryl methyl sites for hydroxylation is 1. The minimum absolute atomic E-state index is 0.0571. The fourth-order valence-corrected chi connectivity index (χ4v) is 6.27. The quantitative estimate of drug-likeness (QED) is 0.358. The maximum absolute atomic E-state index is 13.5. The molecular formula is C27H25F2N7O3S. The van der Waals surface area contributed by atoms with Crippen LogP contribution in [0.5, 0.6) is 0 Å². The van der Waals surface area contributed by atoms with Crippen molar-refractivity contribution in [2.24, 2.45) is 18.9 Å². The van der Waals surface area contributed by atoms with Crippen molar-refractivity contribution in [2.45, 2.75) is 51.1 Å². The van der Waals surface area contributed by atoms with Crippen LogP contribution < -0.4 is 16.6 Å². The van der Waals surface area contributed by atoms with Crippen molar-refractivity contribution in [3.8, 4) is 22.4 Å². The number of imidazole rings is 1. The van der Waals surface area contributed by atoms with Crippen LogP contribution in [0.1, 0.15) is 44.3 Å².